The number of carbonyl (C=O) groups excluding carboxylic acids is 2. The Bertz CT molecular complexity index is 773. The lowest BCUT2D eigenvalue weighted by Crippen LogP contribution is -2.40. The van der Waals surface area contributed by atoms with E-state index in [0.717, 1.165) is 11.1 Å². The molecule has 2 aromatic carbocycles. The summed E-state index contributed by atoms with van der Waals surface area (Å²) in [7, 11) is 0. The Kier molecular flexibility index (Phi) is 3.64. The number of imide groups is 1. The molecule has 3 rings (SSSR count). The first-order valence-electron chi connectivity index (χ1n) is 7.36. The molecule has 0 spiro atoms. The molecule has 0 aromatic heterocycles. The lowest BCUT2D eigenvalue weighted by atomic mass is 9.92. The predicted octanol–water partition coefficient (Wildman–Crippen LogP) is 3.10. The van der Waals surface area contributed by atoms with Crippen LogP contribution < -0.4 is 5.32 Å². The number of aryl methyl sites for hydroxylation is 1. The smallest absolute Gasteiger partial charge is 0.319 e. The Morgan fingerprint density at radius 3 is 2.39 bits per heavy atom. The molecule has 2 aromatic rings. The summed E-state index contributed by atoms with van der Waals surface area (Å²) in [4.78, 5) is 26.3. The standard InChI is InChI=1S/C18H17FN2O2/c1-12-5-3-4-6-13(12)11-21-16(22)18(2,20-17(21)23)14-7-9-15(19)10-8-14/h3-10H,11H2,1-2H3,(H,20,23). The van der Waals surface area contributed by atoms with Gasteiger partial charge in [0, 0.05) is 0 Å². The number of halogens is 1. The van der Waals surface area contributed by atoms with Gasteiger partial charge in [0.2, 0.25) is 0 Å². The summed E-state index contributed by atoms with van der Waals surface area (Å²) in [6.07, 6.45) is 0. The Balaban J connectivity index is 1.90. The number of amides is 3. The van der Waals surface area contributed by atoms with Crippen LogP contribution in [0.25, 0.3) is 0 Å². The third kappa shape index (κ3) is 2.59. The van der Waals surface area contributed by atoms with Crippen LogP contribution in [-0.4, -0.2) is 16.8 Å². The van der Waals surface area contributed by atoms with Crippen LogP contribution in [0.1, 0.15) is 23.6 Å². The fourth-order valence-electron chi connectivity index (χ4n) is 2.78. The van der Waals surface area contributed by atoms with Crippen LogP contribution in [0.5, 0.6) is 0 Å². The van der Waals surface area contributed by atoms with Crippen molar-refractivity contribution in [3.05, 3.63) is 71.0 Å². The highest BCUT2D eigenvalue weighted by Gasteiger charge is 2.48. The minimum Gasteiger partial charge on any atom is -0.319 e. The Morgan fingerprint density at radius 2 is 1.74 bits per heavy atom. The molecule has 1 atom stereocenters. The molecule has 1 aliphatic heterocycles. The number of nitrogens with one attached hydrogen (secondary N) is 1. The zero-order chi connectivity index (χ0) is 16.6. The zero-order valence-corrected chi connectivity index (χ0v) is 13.0. The largest absolute Gasteiger partial charge is 0.325 e. The van der Waals surface area contributed by atoms with Gasteiger partial charge in [-0.15, -0.1) is 0 Å². The Hall–Kier alpha value is -2.69. The molecule has 1 saturated heterocycles. The molecular formula is C18H17FN2O2. The van der Waals surface area contributed by atoms with Crippen molar-refractivity contribution in [2.45, 2.75) is 25.9 Å². The maximum atomic E-state index is 13.1. The van der Waals surface area contributed by atoms with E-state index in [9.17, 15) is 14.0 Å². The summed E-state index contributed by atoms with van der Waals surface area (Å²) in [5, 5.41) is 2.72. The van der Waals surface area contributed by atoms with Gasteiger partial charge in [-0.25, -0.2) is 9.18 Å². The lowest BCUT2D eigenvalue weighted by molar-refractivity contribution is -0.131. The molecule has 1 N–H and O–H groups in total. The molecule has 0 bridgehead atoms. The first kappa shape index (κ1) is 15.2. The Morgan fingerprint density at radius 1 is 1.09 bits per heavy atom. The average Bonchev–Trinajstić information content (AvgIpc) is 2.74. The van der Waals surface area contributed by atoms with E-state index in [1.54, 1.807) is 6.92 Å². The number of hydrogen-bond donors (Lipinski definition) is 1. The molecule has 1 aliphatic rings. The number of urea groups is 1. The normalized spacial score (nSPS) is 20.7. The fraction of sp³-hybridized carbons (Fsp3) is 0.222. The van der Waals surface area contributed by atoms with Gasteiger partial charge in [0.1, 0.15) is 11.4 Å². The highest BCUT2D eigenvalue weighted by molar-refractivity contribution is 6.07. The van der Waals surface area contributed by atoms with Crippen molar-refractivity contribution < 1.29 is 14.0 Å². The van der Waals surface area contributed by atoms with Gasteiger partial charge in [-0.05, 0) is 42.7 Å². The van der Waals surface area contributed by atoms with Gasteiger partial charge in [-0.2, -0.15) is 0 Å². The molecule has 4 nitrogen and oxygen atoms in total. The van der Waals surface area contributed by atoms with Gasteiger partial charge < -0.3 is 5.32 Å². The zero-order valence-electron chi connectivity index (χ0n) is 13.0. The number of nitrogens with zero attached hydrogens (tertiary/aromatic N) is 1. The van der Waals surface area contributed by atoms with E-state index >= 15 is 0 Å². The highest BCUT2D eigenvalue weighted by atomic mass is 19.1. The Labute approximate surface area is 133 Å². The van der Waals surface area contributed by atoms with Crippen LogP contribution in [0.2, 0.25) is 0 Å². The summed E-state index contributed by atoms with van der Waals surface area (Å²) in [6, 6.07) is 12.8. The van der Waals surface area contributed by atoms with Gasteiger partial charge in [0.25, 0.3) is 5.91 Å². The predicted molar refractivity (Wildman–Crippen MR) is 84.0 cm³/mol. The number of hydrogen-bond acceptors (Lipinski definition) is 2. The summed E-state index contributed by atoms with van der Waals surface area (Å²) in [5.41, 5.74) is 1.32. The molecule has 0 radical (unpaired) electrons. The number of rotatable bonds is 3. The topological polar surface area (TPSA) is 49.4 Å². The average molecular weight is 312 g/mol. The summed E-state index contributed by atoms with van der Waals surface area (Å²) in [5.74, 6) is -0.719. The SMILES string of the molecule is Cc1ccccc1CN1C(=O)NC(C)(c2ccc(F)cc2)C1=O. The summed E-state index contributed by atoms with van der Waals surface area (Å²) in [6.45, 7) is 3.79. The first-order valence-corrected chi connectivity index (χ1v) is 7.36. The van der Waals surface area contributed by atoms with Gasteiger partial charge >= 0.3 is 6.03 Å². The minimum absolute atomic E-state index is 0.216. The van der Waals surface area contributed by atoms with Gasteiger partial charge in [-0.1, -0.05) is 36.4 Å². The van der Waals surface area contributed by atoms with Crippen LogP contribution in [0.4, 0.5) is 9.18 Å². The molecule has 1 unspecified atom stereocenters. The third-order valence-corrected chi connectivity index (χ3v) is 4.29. The van der Waals surface area contributed by atoms with Gasteiger partial charge in [0.05, 0.1) is 6.54 Å². The van der Waals surface area contributed by atoms with Crippen LogP contribution in [0.15, 0.2) is 48.5 Å². The molecule has 0 aliphatic carbocycles. The number of benzene rings is 2. The monoisotopic (exact) mass is 312 g/mol. The lowest BCUT2D eigenvalue weighted by Gasteiger charge is -2.22. The van der Waals surface area contributed by atoms with Crippen LogP contribution in [0, 0.1) is 12.7 Å². The van der Waals surface area contributed by atoms with E-state index in [1.807, 2.05) is 31.2 Å². The minimum atomic E-state index is -1.17. The van der Waals surface area contributed by atoms with E-state index in [0.29, 0.717) is 5.56 Å². The van der Waals surface area contributed by atoms with Crippen molar-refractivity contribution >= 4 is 11.9 Å². The second-order valence-corrected chi connectivity index (χ2v) is 5.88. The molecule has 1 heterocycles. The van der Waals surface area contributed by atoms with E-state index < -0.39 is 11.6 Å². The molecule has 23 heavy (non-hydrogen) atoms. The maximum absolute atomic E-state index is 13.1. The van der Waals surface area contributed by atoms with Crippen molar-refractivity contribution in [1.82, 2.24) is 10.2 Å². The molecule has 0 saturated carbocycles. The second kappa shape index (κ2) is 5.50. The van der Waals surface area contributed by atoms with Crippen molar-refractivity contribution in [3.63, 3.8) is 0 Å². The fourth-order valence-corrected chi connectivity index (χ4v) is 2.78. The second-order valence-electron chi connectivity index (χ2n) is 5.88. The van der Waals surface area contributed by atoms with Gasteiger partial charge in [-0.3, -0.25) is 9.69 Å². The van der Waals surface area contributed by atoms with Crippen LogP contribution >= 0.6 is 0 Å². The summed E-state index contributed by atoms with van der Waals surface area (Å²) < 4.78 is 13.1. The van der Waals surface area contributed by atoms with Crippen molar-refractivity contribution in [2.24, 2.45) is 0 Å². The molecule has 3 amide bonds. The van der Waals surface area contributed by atoms with E-state index in [2.05, 4.69) is 5.32 Å². The third-order valence-electron chi connectivity index (χ3n) is 4.29. The molecular weight excluding hydrogens is 295 g/mol. The van der Waals surface area contributed by atoms with Crippen molar-refractivity contribution in [2.75, 3.05) is 0 Å². The van der Waals surface area contributed by atoms with E-state index in [1.165, 1.54) is 29.2 Å². The van der Waals surface area contributed by atoms with Gasteiger partial charge in [0.15, 0.2) is 0 Å². The number of carbonyl (C=O) groups is 2. The van der Waals surface area contributed by atoms with E-state index in [-0.39, 0.29) is 18.3 Å². The molecule has 1 fully saturated rings. The summed E-state index contributed by atoms with van der Waals surface area (Å²) >= 11 is 0. The van der Waals surface area contributed by atoms with Crippen molar-refractivity contribution in [3.8, 4) is 0 Å². The quantitative estimate of drug-likeness (QED) is 0.885. The van der Waals surface area contributed by atoms with Crippen molar-refractivity contribution in [1.29, 1.82) is 0 Å². The highest BCUT2D eigenvalue weighted by Crippen LogP contribution is 2.30. The molecule has 5 heteroatoms. The van der Waals surface area contributed by atoms with Crippen LogP contribution in [0.3, 0.4) is 0 Å². The van der Waals surface area contributed by atoms with Crippen LogP contribution in [-0.2, 0) is 16.9 Å². The first-order chi connectivity index (χ1) is 10.9. The maximum Gasteiger partial charge on any atom is 0.325 e. The van der Waals surface area contributed by atoms with E-state index in [4.69, 9.17) is 0 Å². The molecule has 118 valence electrons.